The van der Waals surface area contributed by atoms with Crippen molar-refractivity contribution in [2.45, 2.75) is 39.0 Å². The molecule has 0 fully saturated rings. The number of benzene rings is 1. The van der Waals surface area contributed by atoms with Crippen molar-refractivity contribution < 1.29 is 18.7 Å². The first-order valence-corrected chi connectivity index (χ1v) is 10.9. The van der Waals surface area contributed by atoms with E-state index in [1.807, 2.05) is 0 Å². The van der Waals surface area contributed by atoms with Crippen LogP contribution < -0.4 is 16.7 Å². The van der Waals surface area contributed by atoms with E-state index in [1.165, 1.54) is 0 Å². The molecular formula is C22H31ClN2O5. The summed E-state index contributed by atoms with van der Waals surface area (Å²) in [5.41, 5.74) is 7.23. The Morgan fingerprint density at radius 1 is 1.10 bits per heavy atom. The van der Waals surface area contributed by atoms with Crippen LogP contribution in [-0.4, -0.2) is 44.8 Å². The Morgan fingerprint density at radius 2 is 1.83 bits per heavy atom. The summed E-state index contributed by atoms with van der Waals surface area (Å²) in [6.45, 7) is 4.29. The van der Waals surface area contributed by atoms with Gasteiger partial charge in [0.05, 0.1) is 31.8 Å². The van der Waals surface area contributed by atoms with Crippen molar-refractivity contribution in [1.29, 1.82) is 0 Å². The minimum Gasteiger partial charge on any atom is -0.422 e. The molecule has 7 nitrogen and oxygen atoms in total. The van der Waals surface area contributed by atoms with Gasteiger partial charge in [-0.3, -0.25) is 4.79 Å². The average molecular weight is 439 g/mol. The molecular weight excluding hydrogens is 408 g/mol. The molecule has 2 rings (SSSR count). The van der Waals surface area contributed by atoms with Crippen molar-refractivity contribution in [3.05, 3.63) is 39.7 Å². The maximum absolute atomic E-state index is 12.2. The lowest BCUT2D eigenvalue weighted by molar-refractivity contribution is -0.120. The molecule has 1 aromatic heterocycles. The molecule has 0 aliphatic heterocycles. The fourth-order valence-corrected chi connectivity index (χ4v) is 3.26. The van der Waals surface area contributed by atoms with Crippen LogP contribution in [-0.2, 0) is 20.7 Å². The lowest BCUT2D eigenvalue weighted by atomic mass is 10.0. The van der Waals surface area contributed by atoms with Crippen LogP contribution in [0.5, 0.6) is 0 Å². The van der Waals surface area contributed by atoms with E-state index in [9.17, 15) is 9.59 Å². The first kappa shape index (κ1) is 24.2. The fraction of sp³-hybridized carbons (Fsp3) is 0.545. The molecule has 0 bridgehead atoms. The van der Waals surface area contributed by atoms with Gasteiger partial charge >= 0.3 is 5.63 Å². The van der Waals surface area contributed by atoms with Crippen molar-refractivity contribution in [3.63, 3.8) is 0 Å². The van der Waals surface area contributed by atoms with Gasteiger partial charge < -0.3 is 24.9 Å². The van der Waals surface area contributed by atoms with E-state index in [4.69, 9.17) is 31.2 Å². The van der Waals surface area contributed by atoms with Crippen molar-refractivity contribution in [1.82, 2.24) is 5.32 Å². The number of alkyl halides is 1. The van der Waals surface area contributed by atoms with Crippen LogP contribution >= 0.6 is 11.6 Å². The molecule has 1 heterocycles. The van der Waals surface area contributed by atoms with Gasteiger partial charge in [-0.15, -0.1) is 11.6 Å². The molecule has 0 aliphatic rings. The molecule has 0 aliphatic carbocycles. The average Bonchev–Trinajstić information content (AvgIpc) is 2.71. The highest BCUT2D eigenvalue weighted by Gasteiger charge is 2.14. The van der Waals surface area contributed by atoms with Crippen LogP contribution in [0.1, 0.15) is 36.8 Å². The van der Waals surface area contributed by atoms with E-state index in [2.05, 4.69) is 5.32 Å². The number of anilines is 1. The van der Waals surface area contributed by atoms with Crippen LogP contribution in [0.15, 0.2) is 27.4 Å². The largest absolute Gasteiger partial charge is 0.422 e. The summed E-state index contributed by atoms with van der Waals surface area (Å²) in [4.78, 5) is 24.4. The number of hydrogen-bond acceptors (Lipinski definition) is 6. The number of carbonyl (C=O) groups excluding carboxylic acids is 1. The topological polar surface area (TPSA) is 104 Å². The summed E-state index contributed by atoms with van der Waals surface area (Å²) < 4.78 is 16.2. The number of fused-ring (bicyclic) bond motifs is 1. The summed E-state index contributed by atoms with van der Waals surface area (Å²) in [5, 5.41) is 3.53. The van der Waals surface area contributed by atoms with E-state index in [-0.39, 0.29) is 12.3 Å². The van der Waals surface area contributed by atoms with Gasteiger partial charge in [-0.1, -0.05) is 12.8 Å². The number of amides is 1. The van der Waals surface area contributed by atoms with Crippen molar-refractivity contribution >= 4 is 34.2 Å². The highest BCUT2D eigenvalue weighted by Crippen LogP contribution is 2.21. The van der Waals surface area contributed by atoms with Crippen LogP contribution in [0.4, 0.5) is 5.69 Å². The molecule has 0 radical (unpaired) electrons. The predicted octanol–water partition coefficient (Wildman–Crippen LogP) is 3.17. The Morgan fingerprint density at radius 3 is 2.60 bits per heavy atom. The zero-order chi connectivity index (χ0) is 21.8. The molecule has 0 unspecified atom stereocenters. The summed E-state index contributed by atoms with van der Waals surface area (Å²) >= 11 is 5.63. The molecule has 0 saturated heterocycles. The Hall–Kier alpha value is -2.09. The summed E-state index contributed by atoms with van der Waals surface area (Å²) in [5.74, 6) is 0.466. The molecule has 0 spiro atoms. The van der Waals surface area contributed by atoms with Crippen LogP contribution in [0.2, 0.25) is 0 Å². The maximum atomic E-state index is 12.2. The quantitative estimate of drug-likeness (QED) is 0.203. The molecule has 3 N–H and O–H groups in total. The molecule has 166 valence electrons. The van der Waals surface area contributed by atoms with E-state index in [0.717, 1.165) is 49.1 Å². The number of aryl methyl sites for hydroxylation is 1. The first-order chi connectivity index (χ1) is 14.5. The number of nitrogens with one attached hydrogen (secondary N) is 1. The van der Waals surface area contributed by atoms with Crippen molar-refractivity contribution in [3.8, 4) is 0 Å². The lowest BCUT2D eigenvalue weighted by Gasteiger charge is -2.09. The van der Waals surface area contributed by atoms with Gasteiger partial charge in [-0.25, -0.2) is 4.79 Å². The third-order valence-electron chi connectivity index (χ3n) is 4.76. The predicted molar refractivity (Wildman–Crippen MR) is 119 cm³/mol. The number of nitrogen functional groups attached to an aromatic ring is 1. The second-order valence-corrected chi connectivity index (χ2v) is 7.48. The number of hydrogen-bond donors (Lipinski definition) is 2. The fourth-order valence-electron chi connectivity index (χ4n) is 3.07. The Labute approximate surface area is 181 Å². The summed E-state index contributed by atoms with van der Waals surface area (Å²) in [7, 11) is 0. The summed E-state index contributed by atoms with van der Waals surface area (Å²) in [6.07, 6.45) is 4.31. The second kappa shape index (κ2) is 13.3. The zero-order valence-electron chi connectivity index (χ0n) is 17.5. The van der Waals surface area contributed by atoms with E-state index < -0.39 is 5.63 Å². The zero-order valence-corrected chi connectivity index (χ0v) is 18.3. The summed E-state index contributed by atoms with van der Waals surface area (Å²) in [6, 6.07) is 5.14. The number of carbonyl (C=O) groups is 1. The number of rotatable bonds is 14. The van der Waals surface area contributed by atoms with Crippen LogP contribution in [0.25, 0.3) is 11.0 Å². The van der Waals surface area contributed by atoms with E-state index >= 15 is 0 Å². The standard InChI is InChI=1S/C22H31ClN2O5/c1-16-18-7-6-17(24)14-20(18)30-22(27)19(16)15-21(26)25-9-11-29-13-12-28-10-5-3-2-4-8-23/h6-7,14H,2-5,8-13,15,24H2,1H3,(H,25,26). The molecule has 8 heteroatoms. The Balaban J connectivity index is 1.64. The molecule has 30 heavy (non-hydrogen) atoms. The molecule has 0 atom stereocenters. The van der Waals surface area contributed by atoms with Crippen molar-refractivity contribution in [2.75, 3.05) is 44.6 Å². The molecule has 2 aromatic rings. The van der Waals surface area contributed by atoms with Gasteiger partial charge in [0.1, 0.15) is 5.58 Å². The third-order valence-corrected chi connectivity index (χ3v) is 5.03. The molecule has 0 saturated carbocycles. The SMILES string of the molecule is Cc1c(CC(=O)NCCOCCOCCCCCCCl)c(=O)oc2cc(N)ccc12. The van der Waals surface area contributed by atoms with Gasteiger partial charge in [0.25, 0.3) is 0 Å². The van der Waals surface area contributed by atoms with E-state index in [0.29, 0.717) is 43.2 Å². The smallest absolute Gasteiger partial charge is 0.340 e. The number of nitrogens with two attached hydrogens (primary N) is 1. The Kier molecular flexibility index (Phi) is 10.7. The monoisotopic (exact) mass is 438 g/mol. The van der Waals surface area contributed by atoms with Crippen LogP contribution in [0.3, 0.4) is 0 Å². The molecule has 1 aromatic carbocycles. The highest BCUT2D eigenvalue weighted by molar-refractivity contribution is 6.17. The van der Waals surface area contributed by atoms with Gasteiger partial charge in [-0.05, 0) is 37.5 Å². The first-order valence-electron chi connectivity index (χ1n) is 10.3. The number of unbranched alkanes of at least 4 members (excludes halogenated alkanes) is 3. The number of ether oxygens (including phenoxy) is 2. The van der Waals surface area contributed by atoms with Gasteiger partial charge in [0.15, 0.2) is 0 Å². The minimum atomic E-state index is -0.517. The van der Waals surface area contributed by atoms with Gasteiger partial charge in [0.2, 0.25) is 5.91 Å². The van der Waals surface area contributed by atoms with Crippen LogP contribution in [0, 0.1) is 6.92 Å². The van der Waals surface area contributed by atoms with Gasteiger partial charge in [-0.2, -0.15) is 0 Å². The number of halogens is 1. The minimum absolute atomic E-state index is 0.0404. The third kappa shape index (κ3) is 7.97. The Bertz CT molecular complexity index is 868. The normalized spacial score (nSPS) is 11.1. The lowest BCUT2D eigenvalue weighted by Crippen LogP contribution is -2.30. The maximum Gasteiger partial charge on any atom is 0.340 e. The van der Waals surface area contributed by atoms with Crippen molar-refractivity contribution in [2.24, 2.45) is 0 Å². The highest BCUT2D eigenvalue weighted by atomic mass is 35.5. The molecule has 1 amide bonds. The van der Waals surface area contributed by atoms with Gasteiger partial charge in [0, 0.05) is 36.2 Å². The second-order valence-electron chi connectivity index (χ2n) is 7.10. The van der Waals surface area contributed by atoms with E-state index in [1.54, 1.807) is 25.1 Å².